The minimum atomic E-state index is -0.837. The number of hydrogen-bond donors (Lipinski definition) is 3. The molecule has 22 heavy (non-hydrogen) atoms. The maximum atomic E-state index is 13.2. The van der Waals surface area contributed by atoms with Crippen molar-refractivity contribution in [2.24, 2.45) is 5.92 Å². The second kappa shape index (κ2) is 5.61. The summed E-state index contributed by atoms with van der Waals surface area (Å²) in [5.41, 5.74) is 0.743. The average molecular weight is 325 g/mol. The summed E-state index contributed by atoms with van der Waals surface area (Å²) >= 11 is 6.14. The van der Waals surface area contributed by atoms with Crippen LogP contribution < -0.4 is 5.32 Å². The van der Waals surface area contributed by atoms with Crippen LogP contribution in [0.5, 0.6) is 0 Å². The molecule has 0 unspecified atom stereocenters. The Morgan fingerprint density at radius 1 is 1.36 bits per heavy atom. The lowest BCUT2D eigenvalue weighted by Gasteiger charge is -2.11. The van der Waals surface area contributed by atoms with Crippen molar-refractivity contribution in [2.75, 3.05) is 0 Å². The van der Waals surface area contributed by atoms with Crippen molar-refractivity contribution in [3.8, 4) is 0 Å². The van der Waals surface area contributed by atoms with Gasteiger partial charge in [-0.1, -0.05) is 11.6 Å². The standard InChI is InChI=1S/C15H14ClFN2O3/c16-12-10-6-8(17)2-4-11(10)19-13(12)14(20)18-9-3-1-7(5-9)15(21)22/h2,4,6-7,9,19H,1,3,5H2,(H,18,20)(H,21,22)/t7-,9+/m0/s1. The largest absolute Gasteiger partial charge is 0.481 e. The van der Waals surface area contributed by atoms with E-state index in [1.165, 1.54) is 18.2 Å². The second-order valence-corrected chi connectivity index (χ2v) is 5.90. The van der Waals surface area contributed by atoms with E-state index < -0.39 is 23.6 Å². The summed E-state index contributed by atoms with van der Waals surface area (Å²) in [6.45, 7) is 0. The SMILES string of the molecule is O=C(N[C@@H]1CC[C@H](C(=O)O)C1)c1[nH]c2ccc(F)cc2c1Cl. The summed E-state index contributed by atoms with van der Waals surface area (Å²) in [7, 11) is 0. The lowest BCUT2D eigenvalue weighted by Crippen LogP contribution is -2.33. The van der Waals surface area contributed by atoms with Crippen molar-refractivity contribution >= 4 is 34.4 Å². The van der Waals surface area contributed by atoms with Gasteiger partial charge in [0.15, 0.2) is 0 Å². The van der Waals surface area contributed by atoms with E-state index in [0.29, 0.717) is 30.2 Å². The van der Waals surface area contributed by atoms with Gasteiger partial charge in [0, 0.05) is 16.9 Å². The quantitative estimate of drug-likeness (QED) is 0.811. The molecule has 0 saturated heterocycles. The summed E-state index contributed by atoms with van der Waals surface area (Å²) in [4.78, 5) is 26.1. The lowest BCUT2D eigenvalue weighted by atomic mass is 10.1. The third-order valence-electron chi connectivity index (χ3n) is 4.04. The summed E-state index contributed by atoms with van der Waals surface area (Å²) in [5.74, 6) is -2.09. The first-order chi connectivity index (χ1) is 10.5. The van der Waals surface area contributed by atoms with Crippen LogP contribution in [0.15, 0.2) is 18.2 Å². The van der Waals surface area contributed by atoms with Crippen LogP contribution in [0.25, 0.3) is 10.9 Å². The molecule has 0 radical (unpaired) electrons. The predicted molar refractivity (Wildman–Crippen MR) is 79.5 cm³/mol. The Kier molecular flexibility index (Phi) is 3.78. The number of fused-ring (bicyclic) bond motifs is 1. The number of carboxylic acid groups (broad SMARTS) is 1. The fraction of sp³-hybridized carbons (Fsp3) is 0.333. The Morgan fingerprint density at radius 2 is 2.14 bits per heavy atom. The van der Waals surface area contributed by atoms with Crippen molar-refractivity contribution < 1.29 is 19.1 Å². The van der Waals surface area contributed by atoms with Gasteiger partial charge in [-0.3, -0.25) is 9.59 Å². The number of halogens is 2. The predicted octanol–water partition coefficient (Wildman–Crippen LogP) is 2.94. The molecule has 1 saturated carbocycles. The van der Waals surface area contributed by atoms with E-state index in [2.05, 4.69) is 10.3 Å². The third-order valence-corrected chi connectivity index (χ3v) is 4.43. The molecule has 116 valence electrons. The van der Waals surface area contributed by atoms with Crippen LogP contribution in [0.3, 0.4) is 0 Å². The van der Waals surface area contributed by atoms with E-state index in [-0.39, 0.29) is 16.8 Å². The minimum absolute atomic E-state index is 0.166. The average Bonchev–Trinajstić information content (AvgIpc) is 3.05. The molecule has 2 aromatic rings. The van der Waals surface area contributed by atoms with Gasteiger partial charge in [-0.2, -0.15) is 0 Å². The number of carboxylic acids is 1. The number of carbonyl (C=O) groups excluding carboxylic acids is 1. The van der Waals surface area contributed by atoms with Crippen molar-refractivity contribution in [1.82, 2.24) is 10.3 Å². The smallest absolute Gasteiger partial charge is 0.306 e. The zero-order valence-electron chi connectivity index (χ0n) is 11.5. The summed E-state index contributed by atoms with van der Waals surface area (Å²) in [6.07, 6.45) is 1.58. The van der Waals surface area contributed by atoms with Crippen molar-refractivity contribution in [3.63, 3.8) is 0 Å². The molecular formula is C15H14ClFN2O3. The zero-order valence-corrected chi connectivity index (χ0v) is 12.3. The van der Waals surface area contributed by atoms with Crippen molar-refractivity contribution in [2.45, 2.75) is 25.3 Å². The molecule has 1 fully saturated rings. The van der Waals surface area contributed by atoms with Crippen LogP contribution in [-0.2, 0) is 4.79 Å². The summed E-state index contributed by atoms with van der Waals surface area (Å²) in [5, 5.41) is 12.4. The third kappa shape index (κ3) is 2.66. The molecule has 5 nitrogen and oxygen atoms in total. The fourth-order valence-corrected chi connectivity index (χ4v) is 3.17. The summed E-state index contributed by atoms with van der Waals surface area (Å²) < 4.78 is 13.2. The van der Waals surface area contributed by atoms with Gasteiger partial charge in [-0.25, -0.2) is 4.39 Å². The Hall–Kier alpha value is -2.08. The molecule has 3 N–H and O–H groups in total. The number of hydrogen-bond acceptors (Lipinski definition) is 2. The number of aromatic nitrogens is 1. The van der Waals surface area contributed by atoms with E-state index in [0.717, 1.165) is 0 Å². The molecule has 1 aliphatic rings. The highest BCUT2D eigenvalue weighted by molar-refractivity contribution is 6.38. The Labute approximate surface area is 130 Å². The highest BCUT2D eigenvalue weighted by Crippen LogP contribution is 2.29. The lowest BCUT2D eigenvalue weighted by molar-refractivity contribution is -0.141. The summed E-state index contributed by atoms with van der Waals surface area (Å²) in [6, 6.07) is 3.88. The van der Waals surface area contributed by atoms with Gasteiger partial charge in [-0.05, 0) is 37.5 Å². The maximum Gasteiger partial charge on any atom is 0.306 e. The number of nitrogens with one attached hydrogen (secondary N) is 2. The number of rotatable bonds is 3. The van der Waals surface area contributed by atoms with Gasteiger partial charge < -0.3 is 15.4 Å². The fourth-order valence-electron chi connectivity index (χ4n) is 2.88. The molecule has 3 rings (SSSR count). The first kappa shape index (κ1) is 14.8. The first-order valence-corrected chi connectivity index (χ1v) is 7.34. The molecule has 1 amide bonds. The highest BCUT2D eigenvalue weighted by atomic mass is 35.5. The van der Waals surface area contributed by atoms with Crippen LogP contribution in [0.1, 0.15) is 29.8 Å². The normalized spacial score (nSPS) is 21.2. The zero-order chi connectivity index (χ0) is 15.9. The minimum Gasteiger partial charge on any atom is -0.481 e. The topological polar surface area (TPSA) is 82.2 Å². The molecule has 1 heterocycles. The van der Waals surface area contributed by atoms with Crippen LogP contribution >= 0.6 is 11.6 Å². The molecule has 1 aliphatic carbocycles. The maximum absolute atomic E-state index is 13.2. The van der Waals surface area contributed by atoms with Gasteiger partial charge >= 0.3 is 5.97 Å². The molecule has 0 bridgehead atoms. The van der Waals surface area contributed by atoms with Crippen molar-refractivity contribution in [1.29, 1.82) is 0 Å². The highest BCUT2D eigenvalue weighted by Gasteiger charge is 2.31. The van der Waals surface area contributed by atoms with E-state index in [9.17, 15) is 14.0 Å². The van der Waals surface area contributed by atoms with E-state index in [4.69, 9.17) is 16.7 Å². The van der Waals surface area contributed by atoms with E-state index in [1.807, 2.05) is 0 Å². The molecule has 2 atom stereocenters. The van der Waals surface area contributed by atoms with E-state index in [1.54, 1.807) is 0 Å². The van der Waals surface area contributed by atoms with Gasteiger partial charge in [0.05, 0.1) is 10.9 Å². The van der Waals surface area contributed by atoms with Gasteiger partial charge in [0.2, 0.25) is 0 Å². The number of aromatic amines is 1. The molecule has 0 aliphatic heterocycles. The number of amides is 1. The molecule has 1 aromatic heterocycles. The van der Waals surface area contributed by atoms with Crippen LogP contribution in [-0.4, -0.2) is 28.0 Å². The van der Waals surface area contributed by atoms with Gasteiger partial charge in [0.1, 0.15) is 11.5 Å². The van der Waals surface area contributed by atoms with Gasteiger partial charge in [0.25, 0.3) is 5.91 Å². The van der Waals surface area contributed by atoms with E-state index >= 15 is 0 Å². The van der Waals surface area contributed by atoms with Crippen LogP contribution in [0.2, 0.25) is 5.02 Å². The van der Waals surface area contributed by atoms with Crippen LogP contribution in [0.4, 0.5) is 4.39 Å². The molecule has 7 heteroatoms. The second-order valence-electron chi connectivity index (χ2n) is 5.52. The molecule has 0 spiro atoms. The monoisotopic (exact) mass is 324 g/mol. The molecule has 1 aromatic carbocycles. The Bertz CT molecular complexity index is 759. The van der Waals surface area contributed by atoms with Crippen LogP contribution in [0, 0.1) is 11.7 Å². The number of H-pyrrole nitrogens is 1. The number of carbonyl (C=O) groups is 2. The first-order valence-electron chi connectivity index (χ1n) is 6.96. The van der Waals surface area contributed by atoms with Gasteiger partial charge in [-0.15, -0.1) is 0 Å². The van der Waals surface area contributed by atoms with Crippen molar-refractivity contribution in [3.05, 3.63) is 34.7 Å². The Morgan fingerprint density at radius 3 is 2.82 bits per heavy atom. The molecular weight excluding hydrogens is 311 g/mol. The Balaban J connectivity index is 1.78. The number of benzene rings is 1. The number of aliphatic carboxylic acids is 1.